The van der Waals surface area contributed by atoms with Gasteiger partial charge in [0.1, 0.15) is 0 Å². The molecule has 1 heterocycles. The topological polar surface area (TPSA) is 44.4 Å². The molecule has 2 unspecified atom stereocenters. The number of amides is 1. The number of carbonyl (C=O) groups is 1. The molecule has 0 spiro atoms. The van der Waals surface area contributed by atoms with Gasteiger partial charge < -0.3 is 10.6 Å². The molecule has 1 fully saturated rings. The zero-order valence-electron chi connectivity index (χ0n) is 11.8. The van der Waals surface area contributed by atoms with Crippen molar-refractivity contribution in [1.82, 2.24) is 15.5 Å². The van der Waals surface area contributed by atoms with E-state index in [1.54, 1.807) is 0 Å². The third-order valence-electron chi connectivity index (χ3n) is 3.74. The molecule has 17 heavy (non-hydrogen) atoms. The molecule has 1 saturated heterocycles. The molecule has 2 atom stereocenters. The Kier molecular flexibility index (Phi) is 4.95. The molecular formula is C13H27N3O. The van der Waals surface area contributed by atoms with Crippen LogP contribution in [0.25, 0.3) is 0 Å². The second-order valence-electron chi connectivity index (χ2n) is 6.06. The molecule has 0 aromatic carbocycles. The molecule has 4 nitrogen and oxygen atoms in total. The van der Waals surface area contributed by atoms with E-state index in [4.69, 9.17) is 0 Å². The summed E-state index contributed by atoms with van der Waals surface area (Å²) in [6, 6.07) is 0.169. The smallest absolute Gasteiger partial charge is 0.237 e. The number of carbonyl (C=O) groups excluding carboxylic acids is 1. The van der Waals surface area contributed by atoms with E-state index >= 15 is 0 Å². The molecule has 0 aliphatic carbocycles. The standard InChI is InChI=1S/C13H27N3O/c1-10(16-8-6-14-7-9-16)12(17)15-11(2)13(3,4)5/h10-11,14H,6-9H2,1-5H3,(H,15,17). The lowest BCUT2D eigenvalue weighted by atomic mass is 9.88. The fourth-order valence-electron chi connectivity index (χ4n) is 1.79. The van der Waals surface area contributed by atoms with Gasteiger partial charge in [0.15, 0.2) is 0 Å². The molecular weight excluding hydrogens is 214 g/mol. The average molecular weight is 241 g/mol. The van der Waals surface area contributed by atoms with Crippen molar-refractivity contribution in [1.29, 1.82) is 0 Å². The van der Waals surface area contributed by atoms with Crippen molar-refractivity contribution in [2.45, 2.75) is 46.7 Å². The van der Waals surface area contributed by atoms with Crippen molar-refractivity contribution in [2.24, 2.45) is 5.41 Å². The minimum absolute atomic E-state index is 0.0260. The second-order valence-corrected chi connectivity index (χ2v) is 6.06. The van der Waals surface area contributed by atoms with E-state index in [1.165, 1.54) is 0 Å². The van der Waals surface area contributed by atoms with Crippen LogP contribution in [0.5, 0.6) is 0 Å². The Bertz CT molecular complexity index is 254. The van der Waals surface area contributed by atoms with E-state index in [0.29, 0.717) is 0 Å². The predicted molar refractivity (Wildman–Crippen MR) is 71.0 cm³/mol. The van der Waals surface area contributed by atoms with Gasteiger partial charge in [-0.2, -0.15) is 0 Å². The van der Waals surface area contributed by atoms with E-state index < -0.39 is 0 Å². The van der Waals surface area contributed by atoms with Gasteiger partial charge in [-0.1, -0.05) is 20.8 Å². The Morgan fingerprint density at radius 1 is 1.24 bits per heavy atom. The van der Waals surface area contributed by atoms with Crippen molar-refractivity contribution < 1.29 is 4.79 Å². The summed E-state index contributed by atoms with van der Waals surface area (Å²) >= 11 is 0. The summed E-state index contributed by atoms with van der Waals surface area (Å²) in [4.78, 5) is 14.4. The molecule has 1 rings (SSSR count). The van der Waals surface area contributed by atoms with Gasteiger partial charge in [-0.05, 0) is 19.3 Å². The number of rotatable bonds is 3. The van der Waals surface area contributed by atoms with Crippen molar-refractivity contribution in [3.63, 3.8) is 0 Å². The van der Waals surface area contributed by atoms with Crippen LogP contribution in [-0.4, -0.2) is 49.1 Å². The normalized spacial score (nSPS) is 21.9. The van der Waals surface area contributed by atoms with Crippen LogP contribution < -0.4 is 10.6 Å². The maximum atomic E-state index is 12.1. The third-order valence-corrected chi connectivity index (χ3v) is 3.74. The second kappa shape index (κ2) is 5.83. The van der Waals surface area contributed by atoms with Crippen LogP contribution in [0, 0.1) is 5.41 Å². The first-order valence-electron chi connectivity index (χ1n) is 6.57. The minimum Gasteiger partial charge on any atom is -0.352 e. The van der Waals surface area contributed by atoms with Crippen molar-refractivity contribution in [3.05, 3.63) is 0 Å². The molecule has 0 aromatic heterocycles. The molecule has 1 aliphatic rings. The molecule has 0 bridgehead atoms. The highest BCUT2D eigenvalue weighted by atomic mass is 16.2. The Hall–Kier alpha value is -0.610. The summed E-state index contributed by atoms with van der Waals surface area (Å²) in [5, 5.41) is 6.42. The summed E-state index contributed by atoms with van der Waals surface area (Å²) in [6.45, 7) is 14.4. The summed E-state index contributed by atoms with van der Waals surface area (Å²) in [5.74, 6) is 0.148. The number of hydrogen-bond donors (Lipinski definition) is 2. The maximum absolute atomic E-state index is 12.1. The predicted octanol–water partition coefficient (Wildman–Crippen LogP) is 0.831. The van der Waals surface area contributed by atoms with Crippen LogP contribution in [-0.2, 0) is 4.79 Å². The first-order chi connectivity index (χ1) is 7.82. The number of nitrogens with zero attached hydrogens (tertiary/aromatic N) is 1. The summed E-state index contributed by atoms with van der Waals surface area (Å²) in [5.41, 5.74) is 0.110. The summed E-state index contributed by atoms with van der Waals surface area (Å²) < 4.78 is 0. The highest BCUT2D eigenvalue weighted by molar-refractivity contribution is 5.81. The highest BCUT2D eigenvalue weighted by Gasteiger charge is 2.27. The summed E-state index contributed by atoms with van der Waals surface area (Å²) in [7, 11) is 0. The van der Waals surface area contributed by atoms with Crippen molar-refractivity contribution >= 4 is 5.91 Å². The zero-order valence-corrected chi connectivity index (χ0v) is 11.8. The van der Waals surface area contributed by atoms with Crippen LogP contribution in [0.4, 0.5) is 0 Å². The Morgan fingerprint density at radius 2 is 1.76 bits per heavy atom. The van der Waals surface area contributed by atoms with Crippen LogP contribution in [0.2, 0.25) is 0 Å². The Balaban J connectivity index is 2.46. The molecule has 100 valence electrons. The van der Waals surface area contributed by atoms with Crippen LogP contribution >= 0.6 is 0 Å². The first kappa shape index (κ1) is 14.5. The lowest BCUT2D eigenvalue weighted by molar-refractivity contribution is -0.127. The maximum Gasteiger partial charge on any atom is 0.237 e. The largest absolute Gasteiger partial charge is 0.352 e. The van der Waals surface area contributed by atoms with Gasteiger partial charge >= 0.3 is 0 Å². The van der Waals surface area contributed by atoms with Gasteiger partial charge in [0.05, 0.1) is 6.04 Å². The quantitative estimate of drug-likeness (QED) is 0.769. The van der Waals surface area contributed by atoms with Gasteiger partial charge in [-0.3, -0.25) is 9.69 Å². The number of nitrogens with one attached hydrogen (secondary N) is 2. The van der Waals surface area contributed by atoms with E-state index in [1.807, 2.05) is 6.92 Å². The summed E-state index contributed by atoms with van der Waals surface area (Å²) in [6.07, 6.45) is 0. The molecule has 1 aliphatic heterocycles. The van der Waals surface area contributed by atoms with E-state index in [2.05, 4.69) is 43.2 Å². The monoisotopic (exact) mass is 241 g/mol. The lowest BCUT2D eigenvalue weighted by Crippen LogP contribution is -2.55. The fraction of sp³-hybridized carbons (Fsp3) is 0.923. The molecule has 0 saturated carbocycles. The number of hydrogen-bond acceptors (Lipinski definition) is 3. The van der Waals surface area contributed by atoms with Gasteiger partial charge in [0.25, 0.3) is 0 Å². The van der Waals surface area contributed by atoms with Gasteiger partial charge in [0, 0.05) is 32.2 Å². The first-order valence-corrected chi connectivity index (χ1v) is 6.57. The average Bonchev–Trinajstić information content (AvgIpc) is 2.27. The Labute approximate surface area is 105 Å². The molecule has 0 aromatic rings. The SMILES string of the molecule is CC(C(=O)NC(C)C(C)(C)C)N1CCNCC1. The van der Waals surface area contributed by atoms with E-state index in [9.17, 15) is 4.79 Å². The Morgan fingerprint density at radius 3 is 2.24 bits per heavy atom. The molecule has 1 amide bonds. The van der Waals surface area contributed by atoms with Crippen LogP contribution in [0.1, 0.15) is 34.6 Å². The van der Waals surface area contributed by atoms with Crippen LogP contribution in [0.15, 0.2) is 0 Å². The van der Waals surface area contributed by atoms with Gasteiger partial charge in [0.2, 0.25) is 5.91 Å². The van der Waals surface area contributed by atoms with E-state index in [-0.39, 0.29) is 23.4 Å². The molecule has 2 N–H and O–H groups in total. The highest BCUT2D eigenvalue weighted by Crippen LogP contribution is 2.18. The van der Waals surface area contributed by atoms with Crippen molar-refractivity contribution in [3.8, 4) is 0 Å². The minimum atomic E-state index is -0.0260. The zero-order chi connectivity index (χ0) is 13.1. The fourth-order valence-corrected chi connectivity index (χ4v) is 1.79. The molecule has 4 heteroatoms. The lowest BCUT2D eigenvalue weighted by Gasteiger charge is -2.34. The molecule has 0 radical (unpaired) electrons. The van der Waals surface area contributed by atoms with Crippen LogP contribution in [0.3, 0.4) is 0 Å². The van der Waals surface area contributed by atoms with Gasteiger partial charge in [-0.15, -0.1) is 0 Å². The third kappa shape index (κ3) is 4.28. The van der Waals surface area contributed by atoms with Gasteiger partial charge in [-0.25, -0.2) is 0 Å². The van der Waals surface area contributed by atoms with E-state index in [0.717, 1.165) is 26.2 Å². The van der Waals surface area contributed by atoms with Crippen molar-refractivity contribution in [2.75, 3.05) is 26.2 Å². The number of piperazine rings is 1.